The van der Waals surface area contributed by atoms with E-state index >= 15 is 0 Å². The van der Waals surface area contributed by atoms with E-state index in [0.717, 1.165) is 23.9 Å². The van der Waals surface area contributed by atoms with Crippen molar-refractivity contribution < 1.29 is 18.0 Å². The van der Waals surface area contributed by atoms with Gasteiger partial charge in [-0.05, 0) is 36.2 Å². The molecule has 0 aliphatic carbocycles. The van der Waals surface area contributed by atoms with Gasteiger partial charge >= 0.3 is 0 Å². The summed E-state index contributed by atoms with van der Waals surface area (Å²) in [5.74, 6) is -3.13. The lowest BCUT2D eigenvalue weighted by atomic mass is 9.90. The van der Waals surface area contributed by atoms with Crippen LogP contribution in [0, 0.1) is 23.4 Å². The van der Waals surface area contributed by atoms with Gasteiger partial charge in [0.25, 0.3) is 0 Å². The molecule has 0 radical (unpaired) electrons. The number of benzene rings is 1. The van der Waals surface area contributed by atoms with Crippen molar-refractivity contribution in [2.45, 2.75) is 25.4 Å². The number of piperidine rings is 1. The number of carbonyl (C=O) groups excluding carboxylic acids is 1. The lowest BCUT2D eigenvalue weighted by Crippen LogP contribution is -2.59. The number of nitrogens with two attached hydrogens (primary N) is 2. The number of rotatable bonds is 5. The van der Waals surface area contributed by atoms with Gasteiger partial charge in [0.05, 0.1) is 5.56 Å². The third-order valence-corrected chi connectivity index (χ3v) is 5.99. The Morgan fingerprint density at radius 1 is 1.06 bits per heavy atom. The fraction of sp³-hybridized carbons (Fsp3) is 0.292. The first-order valence-electron chi connectivity index (χ1n) is 10.6. The predicted octanol–water partition coefficient (Wildman–Crippen LogP) is 3.10. The highest BCUT2D eigenvalue weighted by Crippen LogP contribution is 2.29. The minimum absolute atomic E-state index is 0.0762. The van der Waals surface area contributed by atoms with Gasteiger partial charge < -0.3 is 16.4 Å². The van der Waals surface area contributed by atoms with Gasteiger partial charge in [-0.1, -0.05) is 13.0 Å². The molecule has 4 N–H and O–H groups in total. The summed E-state index contributed by atoms with van der Waals surface area (Å²) in [6, 6.07) is 6.84. The van der Waals surface area contributed by atoms with Crippen LogP contribution >= 0.6 is 0 Å². The number of aromatic nitrogens is 2. The van der Waals surface area contributed by atoms with Crippen LogP contribution in [0.5, 0.6) is 0 Å². The molecular weight excluding hydrogens is 431 g/mol. The molecule has 6 nitrogen and oxygen atoms in total. The van der Waals surface area contributed by atoms with Crippen LogP contribution in [-0.4, -0.2) is 40.9 Å². The van der Waals surface area contributed by atoms with Crippen molar-refractivity contribution in [2.75, 3.05) is 18.0 Å². The highest BCUT2D eigenvalue weighted by molar-refractivity contribution is 5.97. The number of nitrogens with zero attached hydrogens (tertiary/aromatic N) is 3. The van der Waals surface area contributed by atoms with Crippen molar-refractivity contribution in [1.29, 1.82) is 0 Å². The Hall–Kier alpha value is -3.30. The summed E-state index contributed by atoms with van der Waals surface area (Å²) in [7, 11) is 0. The molecule has 172 valence electrons. The molecule has 1 aromatic carbocycles. The molecule has 4 rings (SSSR count). The van der Waals surface area contributed by atoms with Crippen LogP contribution in [0.15, 0.2) is 48.8 Å². The van der Waals surface area contributed by atoms with Crippen LogP contribution in [-0.2, 0) is 6.42 Å². The zero-order valence-electron chi connectivity index (χ0n) is 18.0. The van der Waals surface area contributed by atoms with Gasteiger partial charge in [-0.3, -0.25) is 9.78 Å². The molecule has 0 unspecified atom stereocenters. The monoisotopic (exact) mass is 455 g/mol. The Balaban J connectivity index is 1.63. The summed E-state index contributed by atoms with van der Waals surface area (Å²) in [5.41, 5.74) is 12.5. The van der Waals surface area contributed by atoms with Gasteiger partial charge in [-0.2, -0.15) is 0 Å². The molecule has 1 fully saturated rings. The molecular formula is C24H24F3N5O. The maximum Gasteiger partial charge on any atom is 0.185 e. The molecule has 9 heteroatoms. The van der Waals surface area contributed by atoms with Crippen LogP contribution in [0.2, 0.25) is 0 Å². The molecule has 0 bridgehead atoms. The molecule has 1 aliphatic heterocycles. The van der Waals surface area contributed by atoms with E-state index in [9.17, 15) is 18.0 Å². The molecule has 3 heterocycles. The Labute approximate surface area is 189 Å². The van der Waals surface area contributed by atoms with E-state index in [1.54, 1.807) is 18.5 Å². The second kappa shape index (κ2) is 9.29. The van der Waals surface area contributed by atoms with Crippen LogP contribution in [0.25, 0.3) is 11.3 Å². The van der Waals surface area contributed by atoms with E-state index in [2.05, 4.69) is 14.9 Å². The molecule has 1 saturated heterocycles. The molecule has 3 aromatic rings. The normalized spacial score (nSPS) is 20.7. The number of pyridine rings is 2. The second-order valence-electron chi connectivity index (χ2n) is 8.35. The minimum Gasteiger partial charge on any atom is -0.369 e. The largest absolute Gasteiger partial charge is 0.369 e. The molecule has 33 heavy (non-hydrogen) atoms. The first kappa shape index (κ1) is 22.9. The summed E-state index contributed by atoms with van der Waals surface area (Å²) in [6.45, 7) is 3.22. The number of carbonyl (C=O) groups is 1. The molecule has 0 spiro atoms. The molecule has 0 amide bonds. The maximum atomic E-state index is 14.4. The quantitative estimate of drug-likeness (QED) is 0.574. The number of ketones is 1. The standard InChI is InChI=1S/C24H24F3N5O/c1-13-11-32(12-18(28)23(13)29)20-7-8-30-10-14(20)9-21(33)19-6-5-17(27)24(31-19)22-15(25)3-2-4-16(22)26/h2-8,10,13,18,23H,9,11-12,28-29H2,1H3/t13-,18+,23-/m0/s1. The summed E-state index contributed by atoms with van der Waals surface area (Å²) >= 11 is 0. The van der Waals surface area contributed by atoms with Gasteiger partial charge in [-0.15, -0.1) is 0 Å². The zero-order valence-corrected chi connectivity index (χ0v) is 18.0. The van der Waals surface area contributed by atoms with Crippen molar-refractivity contribution in [1.82, 2.24) is 9.97 Å². The van der Waals surface area contributed by atoms with Crippen molar-refractivity contribution >= 4 is 11.5 Å². The van der Waals surface area contributed by atoms with Crippen LogP contribution in [0.4, 0.5) is 18.9 Å². The topological polar surface area (TPSA) is 98.1 Å². The van der Waals surface area contributed by atoms with Gasteiger partial charge in [0, 0.05) is 55.2 Å². The maximum absolute atomic E-state index is 14.4. The van der Waals surface area contributed by atoms with Crippen LogP contribution in [0.1, 0.15) is 23.0 Å². The Morgan fingerprint density at radius 2 is 1.79 bits per heavy atom. The first-order chi connectivity index (χ1) is 15.8. The van der Waals surface area contributed by atoms with E-state index in [1.165, 1.54) is 12.1 Å². The molecule has 1 aliphatic rings. The number of Topliss-reactive ketones (excluding diaryl/α,β-unsaturated/α-hetero) is 1. The smallest absolute Gasteiger partial charge is 0.185 e. The van der Waals surface area contributed by atoms with E-state index in [1.807, 2.05) is 6.92 Å². The lowest BCUT2D eigenvalue weighted by Gasteiger charge is -2.41. The fourth-order valence-corrected chi connectivity index (χ4v) is 4.16. The second-order valence-corrected chi connectivity index (χ2v) is 8.35. The average molecular weight is 455 g/mol. The number of hydrogen-bond donors (Lipinski definition) is 2. The zero-order chi connectivity index (χ0) is 23.7. The van der Waals surface area contributed by atoms with Gasteiger partial charge in [0.15, 0.2) is 5.78 Å². The highest BCUT2D eigenvalue weighted by Gasteiger charge is 2.31. The minimum atomic E-state index is -0.964. The first-order valence-corrected chi connectivity index (χ1v) is 10.6. The van der Waals surface area contributed by atoms with Crippen molar-refractivity contribution in [2.24, 2.45) is 17.4 Å². The van der Waals surface area contributed by atoms with E-state index in [-0.39, 0.29) is 30.1 Å². The SMILES string of the molecule is C[C@H]1CN(c2ccncc2CC(=O)c2ccc(F)c(-c3c(F)cccc3F)n2)C[C@@H](N)[C@H]1N. The average Bonchev–Trinajstić information content (AvgIpc) is 2.78. The third-order valence-electron chi connectivity index (χ3n) is 5.99. The van der Waals surface area contributed by atoms with E-state index in [4.69, 9.17) is 11.5 Å². The number of anilines is 1. The van der Waals surface area contributed by atoms with Gasteiger partial charge in [-0.25, -0.2) is 18.2 Å². The summed E-state index contributed by atoms with van der Waals surface area (Å²) in [4.78, 5) is 23.2. The van der Waals surface area contributed by atoms with Crippen LogP contribution in [0.3, 0.4) is 0 Å². The Kier molecular flexibility index (Phi) is 6.44. The molecule has 2 aromatic heterocycles. The highest BCUT2D eigenvalue weighted by atomic mass is 19.1. The lowest BCUT2D eigenvalue weighted by molar-refractivity contribution is 0.0988. The van der Waals surface area contributed by atoms with Gasteiger partial charge in [0.1, 0.15) is 28.8 Å². The van der Waals surface area contributed by atoms with E-state index < -0.39 is 34.5 Å². The summed E-state index contributed by atoms with van der Waals surface area (Å²) in [5, 5.41) is 0. The molecule has 0 saturated carbocycles. The Bertz CT molecular complexity index is 1160. The summed E-state index contributed by atoms with van der Waals surface area (Å²) in [6.07, 6.45) is 3.13. The fourth-order valence-electron chi connectivity index (χ4n) is 4.16. The van der Waals surface area contributed by atoms with Crippen molar-refractivity contribution in [3.05, 3.63) is 77.5 Å². The van der Waals surface area contributed by atoms with Crippen LogP contribution < -0.4 is 16.4 Å². The predicted molar refractivity (Wildman–Crippen MR) is 119 cm³/mol. The van der Waals surface area contributed by atoms with Gasteiger partial charge in [0.2, 0.25) is 0 Å². The Morgan fingerprint density at radius 3 is 2.48 bits per heavy atom. The third kappa shape index (κ3) is 4.60. The van der Waals surface area contributed by atoms with E-state index in [0.29, 0.717) is 18.7 Å². The van der Waals surface area contributed by atoms with Crippen molar-refractivity contribution in [3.63, 3.8) is 0 Å². The number of hydrogen-bond acceptors (Lipinski definition) is 6. The van der Waals surface area contributed by atoms with Crippen molar-refractivity contribution in [3.8, 4) is 11.3 Å². The summed E-state index contributed by atoms with van der Waals surface area (Å²) < 4.78 is 42.7. The number of halogens is 3. The molecule has 3 atom stereocenters.